The molecule has 9 heteroatoms. The van der Waals surface area contributed by atoms with E-state index in [0.717, 1.165) is 91.6 Å². The first kappa shape index (κ1) is 68.7. The lowest BCUT2D eigenvalue weighted by Gasteiger charge is -2.36. The summed E-state index contributed by atoms with van der Waals surface area (Å²) in [7, 11) is 4.39. The van der Waals surface area contributed by atoms with Crippen molar-refractivity contribution in [3.63, 3.8) is 0 Å². The topological polar surface area (TPSA) is 35.2 Å². The lowest BCUT2D eigenvalue weighted by Crippen LogP contribution is -2.48. The van der Waals surface area contributed by atoms with Gasteiger partial charge in [0.05, 0.1) is 13.2 Å². The monoisotopic (exact) mass is 1010 g/mol. The van der Waals surface area contributed by atoms with Crippen LogP contribution < -0.4 is 0 Å². The molecule has 9 nitrogen and oxygen atoms in total. The predicted octanol–water partition coefficient (Wildman–Crippen LogP) is 12.2. The smallest absolute Gasteiger partial charge is 0.0594 e. The minimum atomic E-state index is 0.730. The van der Waals surface area contributed by atoms with Crippen molar-refractivity contribution in [3.05, 3.63) is 0 Å². The highest BCUT2D eigenvalue weighted by atomic mass is 16.5. The van der Waals surface area contributed by atoms with E-state index in [4.69, 9.17) is 4.74 Å². The van der Waals surface area contributed by atoms with E-state index in [9.17, 15) is 0 Å². The van der Waals surface area contributed by atoms with Gasteiger partial charge in [0, 0.05) is 123 Å². The molecular weight excluding hydrogens is 873 g/mol. The molecular formula is C62H132N8O. The maximum atomic E-state index is 5.24. The maximum Gasteiger partial charge on any atom is 0.0594 e. The number of rotatable bonds is 13. The van der Waals surface area contributed by atoms with Gasteiger partial charge in [-0.25, -0.2) is 0 Å². The molecule has 0 N–H and O–H groups in total. The van der Waals surface area contributed by atoms with Crippen LogP contribution in [0, 0.1) is 53.3 Å². The van der Waals surface area contributed by atoms with Gasteiger partial charge < -0.3 is 29.2 Å². The summed E-state index contributed by atoms with van der Waals surface area (Å²) in [5.41, 5.74) is 0. The zero-order valence-corrected chi connectivity index (χ0v) is 52.0. The van der Waals surface area contributed by atoms with Crippen LogP contribution in [0.1, 0.15) is 182 Å². The number of morpholine rings is 1. The van der Waals surface area contributed by atoms with Crippen LogP contribution in [0.15, 0.2) is 0 Å². The number of hydrogen-bond acceptors (Lipinski definition) is 9. The summed E-state index contributed by atoms with van der Waals surface area (Å²) in [6, 6.07) is 1.46. The number of piperazine rings is 3. The van der Waals surface area contributed by atoms with E-state index in [-0.39, 0.29) is 0 Å². The predicted molar refractivity (Wildman–Crippen MR) is 316 cm³/mol. The average Bonchev–Trinajstić information content (AvgIpc) is 4.24. The minimum absolute atomic E-state index is 0.730. The molecule has 8 fully saturated rings. The van der Waals surface area contributed by atoms with Gasteiger partial charge in [-0.15, -0.1) is 0 Å². The Balaban J connectivity index is 0.000000409. The van der Waals surface area contributed by atoms with Crippen LogP contribution in [-0.2, 0) is 4.74 Å². The number of likely N-dealkylation sites (N-methyl/N-ethyl adjacent to an activating group) is 3. The van der Waals surface area contributed by atoms with Crippen molar-refractivity contribution in [1.29, 1.82) is 0 Å². The zero-order valence-electron chi connectivity index (χ0n) is 52.0. The Hall–Kier alpha value is -0.360. The summed E-state index contributed by atoms with van der Waals surface area (Å²) in [5.74, 6) is 8.62. The van der Waals surface area contributed by atoms with Crippen LogP contribution in [0.2, 0.25) is 0 Å². The van der Waals surface area contributed by atoms with Crippen LogP contribution in [0.3, 0.4) is 0 Å². The van der Waals surface area contributed by atoms with Gasteiger partial charge in [0.1, 0.15) is 0 Å². The van der Waals surface area contributed by atoms with Gasteiger partial charge in [-0.3, -0.25) is 14.7 Å². The highest BCUT2D eigenvalue weighted by molar-refractivity contribution is 4.77. The first-order chi connectivity index (χ1) is 33.6. The highest BCUT2D eigenvalue weighted by Crippen LogP contribution is 2.36. The van der Waals surface area contributed by atoms with Gasteiger partial charge in [0.25, 0.3) is 0 Å². The Morgan fingerprint density at radius 2 is 0.718 bits per heavy atom. The molecule has 8 rings (SSSR count). The first-order valence-corrected chi connectivity index (χ1v) is 30.9. The van der Waals surface area contributed by atoms with Gasteiger partial charge >= 0.3 is 0 Å². The lowest BCUT2D eigenvalue weighted by molar-refractivity contribution is 0.0329. The van der Waals surface area contributed by atoms with Gasteiger partial charge in [0.15, 0.2) is 0 Å². The molecule has 426 valence electrons. The number of likely N-dealkylation sites (tertiary alicyclic amines) is 1. The van der Waals surface area contributed by atoms with E-state index in [0.29, 0.717) is 0 Å². The van der Waals surface area contributed by atoms with Crippen molar-refractivity contribution >= 4 is 0 Å². The number of nitrogens with zero attached hydrogens (tertiary/aromatic N) is 8. The fourth-order valence-corrected chi connectivity index (χ4v) is 10.2. The van der Waals surface area contributed by atoms with E-state index in [2.05, 4.69) is 171 Å². The van der Waals surface area contributed by atoms with E-state index in [1.807, 2.05) is 0 Å². The quantitative estimate of drug-likeness (QED) is 0.179. The molecule has 0 spiro atoms. The molecule has 0 bridgehead atoms. The minimum Gasteiger partial charge on any atom is -0.379 e. The van der Waals surface area contributed by atoms with E-state index in [1.165, 1.54) is 182 Å². The summed E-state index contributed by atoms with van der Waals surface area (Å²) in [6.07, 6.45) is 14.8. The second kappa shape index (κ2) is 40.8. The SMILES string of the molecule is CC(C)C1CC1.CC(C)C1CCC1.CC(C)CC1CC1.CC(C)CN1CCCC1.CC(C)CN1CCN(C)CC1.CC(C)CN1CCOCC1.CC(C)N1CCN(C)CC1.CCN1CCN(C(C)C)CC1. The zero-order chi connectivity index (χ0) is 53.3. The molecule has 5 saturated heterocycles. The fraction of sp³-hybridized carbons (Fsp3) is 1.00. The van der Waals surface area contributed by atoms with Crippen LogP contribution in [0.4, 0.5) is 0 Å². The third-order valence-corrected chi connectivity index (χ3v) is 15.8. The summed E-state index contributed by atoms with van der Waals surface area (Å²) >= 11 is 0. The van der Waals surface area contributed by atoms with Gasteiger partial charge in [-0.05, 0) is 147 Å². The van der Waals surface area contributed by atoms with Crippen LogP contribution in [0.5, 0.6) is 0 Å². The van der Waals surface area contributed by atoms with Crippen molar-refractivity contribution in [2.75, 3.05) is 158 Å². The molecule has 0 aromatic carbocycles. The van der Waals surface area contributed by atoms with Crippen molar-refractivity contribution in [1.82, 2.24) is 39.2 Å². The average molecular weight is 1010 g/mol. The molecule has 3 saturated carbocycles. The number of hydrogen-bond donors (Lipinski definition) is 0. The second-order valence-electron chi connectivity index (χ2n) is 26.3. The first-order valence-electron chi connectivity index (χ1n) is 30.9. The highest BCUT2D eigenvalue weighted by Gasteiger charge is 2.24. The van der Waals surface area contributed by atoms with Gasteiger partial charge in [-0.1, -0.05) is 122 Å². The van der Waals surface area contributed by atoms with E-state index < -0.39 is 0 Å². The standard InChI is InChI=1S/2C9H20N2.C8H18N2.C8H17NO.C8H17N.2C7H14.C6H12/c1-9(2)8-11-6-4-10(3)5-7-11;1-4-10-5-7-11(8-6-10)9(2)3;1-8(2)10-6-4-9(3)5-7-10;1-8(2)7-9-3-5-10-6-4-9;1-8(2)7-9-5-3-4-6-9;1-6(2)5-7-3-4-7;1-6(2)7-4-3-5-7;1-5(2)6-3-4-6/h2*9H,4-8H2,1-3H3;8H,4-7H2,1-3H3;8H,3-7H2,1-2H3;8H,3-7H2,1-2H3;2*6-7H,3-5H2,1-2H3;5-6H,3-4H2,1-2H3. The van der Waals surface area contributed by atoms with Gasteiger partial charge in [-0.2, -0.15) is 0 Å². The third-order valence-electron chi connectivity index (χ3n) is 15.8. The molecule has 0 aromatic heterocycles. The summed E-state index contributed by atoms with van der Waals surface area (Å²) in [6.45, 7) is 65.7. The molecule has 5 aliphatic heterocycles. The fourth-order valence-electron chi connectivity index (χ4n) is 10.2. The Morgan fingerprint density at radius 1 is 0.366 bits per heavy atom. The van der Waals surface area contributed by atoms with E-state index >= 15 is 0 Å². The molecule has 5 heterocycles. The Morgan fingerprint density at radius 3 is 0.986 bits per heavy atom. The van der Waals surface area contributed by atoms with E-state index in [1.54, 1.807) is 0 Å². The van der Waals surface area contributed by atoms with Crippen LogP contribution in [-0.4, -0.2) is 209 Å². The largest absolute Gasteiger partial charge is 0.379 e. The lowest BCUT2D eigenvalue weighted by atomic mass is 9.78. The van der Waals surface area contributed by atoms with Gasteiger partial charge in [0.2, 0.25) is 0 Å². The van der Waals surface area contributed by atoms with Crippen LogP contribution >= 0.6 is 0 Å². The molecule has 3 aliphatic carbocycles. The summed E-state index contributed by atoms with van der Waals surface area (Å²) in [5, 5.41) is 0. The van der Waals surface area contributed by atoms with Crippen molar-refractivity contribution in [2.45, 2.75) is 194 Å². The van der Waals surface area contributed by atoms with Crippen molar-refractivity contribution < 1.29 is 4.74 Å². The molecule has 0 aromatic rings. The van der Waals surface area contributed by atoms with Crippen molar-refractivity contribution in [3.8, 4) is 0 Å². The van der Waals surface area contributed by atoms with Crippen LogP contribution in [0.25, 0.3) is 0 Å². The van der Waals surface area contributed by atoms with Crippen molar-refractivity contribution in [2.24, 2.45) is 53.3 Å². The Bertz CT molecular complexity index is 1150. The molecule has 0 radical (unpaired) electrons. The Kier molecular flexibility index (Phi) is 39.5. The molecule has 8 aliphatic rings. The second-order valence-corrected chi connectivity index (χ2v) is 26.3. The summed E-state index contributed by atoms with van der Waals surface area (Å²) in [4.78, 5) is 20.0. The maximum absolute atomic E-state index is 5.24. The Labute approximate surface area is 447 Å². The number of ether oxygens (including phenoxy) is 1. The molecule has 0 unspecified atom stereocenters. The summed E-state index contributed by atoms with van der Waals surface area (Å²) < 4.78 is 5.24. The molecule has 71 heavy (non-hydrogen) atoms. The third kappa shape index (κ3) is 38.8. The molecule has 0 amide bonds. The molecule has 0 atom stereocenters. The normalized spacial score (nSPS) is 22.5.